The highest BCUT2D eigenvalue weighted by Crippen LogP contribution is 2.43. The van der Waals surface area contributed by atoms with Gasteiger partial charge in [-0.25, -0.2) is 0 Å². The molecule has 0 fully saturated rings. The summed E-state index contributed by atoms with van der Waals surface area (Å²) in [7, 11) is -2.93. The lowest BCUT2D eigenvalue weighted by molar-refractivity contribution is 0.592. The van der Waals surface area contributed by atoms with Crippen LogP contribution in [0.2, 0.25) is 0 Å². The Kier molecular flexibility index (Phi) is 6.49. The lowest BCUT2D eigenvalue weighted by atomic mass is 10.0. The third-order valence-electron chi connectivity index (χ3n) is 5.77. The van der Waals surface area contributed by atoms with E-state index in [4.69, 9.17) is 0 Å². The van der Waals surface area contributed by atoms with Gasteiger partial charge in [-0.1, -0.05) is 114 Å². The molecule has 0 saturated carbocycles. The Morgan fingerprint density at radius 3 is 0.828 bits per heavy atom. The van der Waals surface area contributed by atoms with Crippen LogP contribution in [0.25, 0.3) is 0 Å². The third kappa shape index (κ3) is 4.41. The summed E-state index contributed by atoms with van der Waals surface area (Å²) in [4.78, 5) is 0. The van der Waals surface area contributed by atoms with Crippen LogP contribution in [0.1, 0.15) is 76.0 Å². The van der Waals surface area contributed by atoms with Crippen molar-refractivity contribution in [1.82, 2.24) is 0 Å². The monoisotopic (exact) mass is 404 g/mol. The fourth-order valence-corrected chi connectivity index (χ4v) is 6.26. The molecule has 0 aromatic heterocycles. The first-order valence-corrected chi connectivity index (χ1v) is 12.4. The van der Waals surface area contributed by atoms with Gasteiger partial charge in [-0.2, -0.15) is 0 Å². The van der Waals surface area contributed by atoms with Crippen molar-refractivity contribution in [2.75, 3.05) is 0 Å². The molecular weight excluding hydrogens is 371 g/mol. The average Bonchev–Trinajstić information content (AvgIpc) is 2.73. The van der Waals surface area contributed by atoms with Gasteiger partial charge in [-0.15, -0.1) is 0 Å². The predicted octanol–water partition coefficient (Wildman–Crippen LogP) is 6.70. The van der Waals surface area contributed by atoms with Crippen LogP contribution >= 0.6 is 7.14 Å². The second-order valence-electron chi connectivity index (χ2n) is 8.85. The van der Waals surface area contributed by atoms with E-state index in [0.717, 1.165) is 15.9 Å². The van der Waals surface area contributed by atoms with Gasteiger partial charge < -0.3 is 4.57 Å². The molecule has 0 bridgehead atoms. The van der Waals surface area contributed by atoms with Crippen LogP contribution in [-0.4, -0.2) is 0 Å². The number of hydrogen-bond acceptors (Lipinski definition) is 1. The fraction of sp³-hybridized carbons (Fsp3) is 0.333. The number of benzene rings is 3. The maximum Gasteiger partial charge on any atom is 0.171 e. The zero-order chi connectivity index (χ0) is 21.2. The molecule has 1 nitrogen and oxygen atoms in total. The van der Waals surface area contributed by atoms with Crippen LogP contribution in [-0.2, 0) is 4.57 Å². The molecule has 0 saturated heterocycles. The summed E-state index contributed by atoms with van der Waals surface area (Å²) in [6.07, 6.45) is 0. The zero-order valence-electron chi connectivity index (χ0n) is 18.5. The lowest BCUT2D eigenvalue weighted by Crippen LogP contribution is -2.25. The van der Waals surface area contributed by atoms with Gasteiger partial charge in [-0.3, -0.25) is 0 Å². The second kappa shape index (κ2) is 8.72. The summed E-state index contributed by atoms with van der Waals surface area (Å²) in [6.45, 7) is 13.1. The SMILES string of the molecule is CC(C)c1ccc(P(=O)(c2ccc(C(C)C)cc2)c2ccc(C(C)C)cc2)cc1. The first kappa shape index (κ1) is 21.6. The molecule has 3 aromatic carbocycles. The minimum absolute atomic E-state index is 0.457. The largest absolute Gasteiger partial charge is 0.309 e. The van der Waals surface area contributed by atoms with Crippen LogP contribution in [0.3, 0.4) is 0 Å². The highest BCUT2D eigenvalue weighted by Gasteiger charge is 2.30. The molecule has 0 aliphatic rings. The quantitative estimate of drug-likeness (QED) is 0.418. The molecule has 0 unspecified atom stereocenters. The summed E-state index contributed by atoms with van der Waals surface area (Å²) in [5, 5.41) is 2.70. The molecule has 29 heavy (non-hydrogen) atoms. The molecule has 0 N–H and O–H groups in total. The molecule has 2 heteroatoms. The Hall–Kier alpha value is -2.11. The van der Waals surface area contributed by atoms with Gasteiger partial charge in [0.2, 0.25) is 0 Å². The molecule has 0 aliphatic carbocycles. The van der Waals surface area contributed by atoms with E-state index in [1.54, 1.807) is 0 Å². The Balaban J connectivity index is 2.15. The van der Waals surface area contributed by atoms with E-state index < -0.39 is 7.14 Å². The van der Waals surface area contributed by atoms with Crippen LogP contribution in [0, 0.1) is 0 Å². The Bertz CT molecular complexity index is 846. The van der Waals surface area contributed by atoms with Crippen molar-refractivity contribution in [3.8, 4) is 0 Å². The van der Waals surface area contributed by atoms with Crippen molar-refractivity contribution >= 4 is 23.1 Å². The van der Waals surface area contributed by atoms with E-state index in [0.29, 0.717) is 17.8 Å². The van der Waals surface area contributed by atoms with Gasteiger partial charge in [0.15, 0.2) is 7.14 Å². The first-order chi connectivity index (χ1) is 13.7. The van der Waals surface area contributed by atoms with Crippen molar-refractivity contribution in [1.29, 1.82) is 0 Å². The van der Waals surface area contributed by atoms with Crippen molar-refractivity contribution in [3.05, 3.63) is 89.5 Å². The van der Waals surface area contributed by atoms with Gasteiger partial charge in [0.25, 0.3) is 0 Å². The molecule has 152 valence electrons. The Morgan fingerprint density at radius 1 is 0.448 bits per heavy atom. The highest BCUT2D eigenvalue weighted by atomic mass is 31.2. The molecule has 3 rings (SSSR count). The summed E-state index contributed by atoms with van der Waals surface area (Å²) >= 11 is 0. The summed E-state index contributed by atoms with van der Waals surface area (Å²) < 4.78 is 14.7. The molecule has 0 amide bonds. The van der Waals surface area contributed by atoms with E-state index in [1.807, 2.05) is 0 Å². The van der Waals surface area contributed by atoms with Crippen molar-refractivity contribution < 1.29 is 4.57 Å². The smallest absolute Gasteiger partial charge is 0.171 e. The number of hydrogen-bond donors (Lipinski definition) is 0. The lowest BCUT2D eigenvalue weighted by Gasteiger charge is -2.22. The predicted molar refractivity (Wildman–Crippen MR) is 128 cm³/mol. The summed E-state index contributed by atoms with van der Waals surface area (Å²) in [5.41, 5.74) is 3.81. The molecule has 3 aromatic rings. The average molecular weight is 405 g/mol. The Labute approximate surface area is 176 Å². The second-order valence-corrected chi connectivity index (χ2v) is 11.6. The van der Waals surface area contributed by atoms with E-state index in [1.165, 1.54) is 16.7 Å². The van der Waals surface area contributed by atoms with Crippen molar-refractivity contribution in [2.24, 2.45) is 0 Å². The van der Waals surface area contributed by atoms with Gasteiger partial charge >= 0.3 is 0 Å². The first-order valence-electron chi connectivity index (χ1n) is 10.6. The van der Waals surface area contributed by atoms with Crippen LogP contribution in [0.5, 0.6) is 0 Å². The van der Waals surface area contributed by atoms with Crippen LogP contribution in [0.4, 0.5) is 0 Å². The normalized spacial score (nSPS) is 12.2. The van der Waals surface area contributed by atoms with E-state index in [-0.39, 0.29) is 0 Å². The van der Waals surface area contributed by atoms with Crippen LogP contribution in [0.15, 0.2) is 72.8 Å². The van der Waals surface area contributed by atoms with Gasteiger partial charge in [0.05, 0.1) is 0 Å². The standard InChI is InChI=1S/C27H33OP/c1-19(2)22-7-13-25(14-8-22)29(28,26-15-9-23(10-16-26)20(3)4)27-17-11-24(12-18-27)21(5)6/h7-21H,1-6H3. The highest BCUT2D eigenvalue weighted by molar-refractivity contribution is 7.85. The van der Waals surface area contributed by atoms with Gasteiger partial charge in [0, 0.05) is 15.9 Å². The molecule has 0 heterocycles. The minimum atomic E-state index is -2.93. The fourth-order valence-electron chi connectivity index (χ4n) is 3.65. The third-order valence-corrected chi connectivity index (χ3v) is 8.85. The van der Waals surface area contributed by atoms with Crippen LogP contribution < -0.4 is 15.9 Å². The molecule has 0 aliphatic heterocycles. The topological polar surface area (TPSA) is 17.1 Å². The van der Waals surface area contributed by atoms with E-state index in [9.17, 15) is 4.57 Å². The van der Waals surface area contributed by atoms with Gasteiger partial charge in [0.1, 0.15) is 0 Å². The maximum atomic E-state index is 14.7. The molecule has 0 radical (unpaired) electrons. The summed E-state index contributed by atoms with van der Waals surface area (Å²) in [6, 6.07) is 25.1. The number of rotatable bonds is 6. The minimum Gasteiger partial charge on any atom is -0.309 e. The zero-order valence-corrected chi connectivity index (χ0v) is 19.4. The molecule has 0 spiro atoms. The van der Waals surface area contributed by atoms with E-state index >= 15 is 0 Å². The maximum absolute atomic E-state index is 14.7. The van der Waals surface area contributed by atoms with E-state index in [2.05, 4.69) is 114 Å². The van der Waals surface area contributed by atoms with Crippen molar-refractivity contribution in [2.45, 2.75) is 59.3 Å². The molecular formula is C27H33OP. The summed E-state index contributed by atoms with van der Waals surface area (Å²) in [5.74, 6) is 1.37. The van der Waals surface area contributed by atoms with Gasteiger partial charge in [-0.05, 0) is 34.4 Å². The Morgan fingerprint density at radius 2 is 0.655 bits per heavy atom. The van der Waals surface area contributed by atoms with Crippen molar-refractivity contribution in [3.63, 3.8) is 0 Å². The molecule has 0 atom stereocenters.